The second-order valence-corrected chi connectivity index (χ2v) is 6.43. The predicted octanol–water partition coefficient (Wildman–Crippen LogP) is 4.42. The molecule has 4 heteroatoms. The van der Waals surface area contributed by atoms with Gasteiger partial charge in [0, 0.05) is 23.0 Å². The van der Waals surface area contributed by atoms with Gasteiger partial charge in [0.1, 0.15) is 0 Å². The van der Waals surface area contributed by atoms with Crippen molar-refractivity contribution in [3.8, 4) is 0 Å². The molecule has 0 bridgehead atoms. The smallest absolute Gasteiger partial charge is 0.251 e. The predicted molar refractivity (Wildman–Crippen MR) is 84.7 cm³/mol. The van der Waals surface area contributed by atoms with E-state index in [2.05, 4.69) is 5.32 Å². The molecule has 0 aliphatic heterocycles. The van der Waals surface area contributed by atoms with Crippen LogP contribution in [0, 0.1) is 18.8 Å². The maximum absolute atomic E-state index is 12.2. The first-order valence-electron chi connectivity index (χ1n) is 7.21. The normalized spacial score (nSPS) is 22.6. The van der Waals surface area contributed by atoms with Crippen molar-refractivity contribution in [2.45, 2.75) is 32.6 Å². The zero-order valence-electron chi connectivity index (χ0n) is 11.8. The molecule has 2 atom stereocenters. The Hall–Kier alpha value is -0.730. The summed E-state index contributed by atoms with van der Waals surface area (Å²) in [7, 11) is 0. The molecule has 0 spiro atoms. The molecular weight excluding hydrogens is 293 g/mol. The number of aryl methyl sites for hydroxylation is 1. The molecule has 110 valence electrons. The topological polar surface area (TPSA) is 29.1 Å². The monoisotopic (exact) mass is 313 g/mol. The largest absolute Gasteiger partial charge is 0.352 e. The van der Waals surface area contributed by atoms with Gasteiger partial charge in [0.2, 0.25) is 0 Å². The highest BCUT2D eigenvalue weighted by Gasteiger charge is 2.24. The number of benzene rings is 1. The summed E-state index contributed by atoms with van der Waals surface area (Å²) in [5.74, 6) is 1.68. The van der Waals surface area contributed by atoms with E-state index in [4.69, 9.17) is 23.2 Å². The van der Waals surface area contributed by atoms with Crippen LogP contribution in [0.15, 0.2) is 18.2 Å². The summed E-state index contributed by atoms with van der Waals surface area (Å²) in [6.45, 7) is 2.65. The second kappa shape index (κ2) is 7.33. The van der Waals surface area contributed by atoms with Crippen molar-refractivity contribution in [2.24, 2.45) is 11.8 Å². The number of carbonyl (C=O) groups excluding carboxylic acids is 1. The van der Waals surface area contributed by atoms with Crippen molar-refractivity contribution in [3.63, 3.8) is 0 Å². The zero-order chi connectivity index (χ0) is 14.5. The van der Waals surface area contributed by atoms with E-state index in [0.29, 0.717) is 34.8 Å². The Balaban J connectivity index is 1.94. The van der Waals surface area contributed by atoms with Crippen molar-refractivity contribution >= 4 is 29.1 Å². The molecule has 0 aromatic heterocycles. The van der Waals surface area contributed by atoms with E-state index in [9.17, 15) is 4.79 Å². The molecule has 1 amide bonds. The lowest BCUT2D eigenvalue weighted by Gasteiger charge is -2.30. The average Bonchev–Trinajstić information content (AvgIpc) is 2.44. The van der Waals surface area contributed by atoms with Gasteiger partial charge in [-0.25, -0.2) is 0 Å². The Morgan fingerprint density at radius 1 is 1.25 bits per heavy atom. The molecular formula is C16H21Cl2NO. The lowest BCUT2D eigenvalue weighted by molar-refractivity contribution is 0.0936. The molecule has 2 rings (SSSR count). The summed E-state index contributed by atoms with van der Waals surface area (Å²) in [6, 6.07) is 5.42. The first-order chi connectivity index (χ1) is 9.60. The van der Waals surface area contributed by atoms with Gasteiger partial charge in [-0.15, -0.1) is 11.6 Å². The average molecular weight is 314 g/mol. The number of alkyl halides is 1. The van der Waals surface area contributed by atoms with Gasteiger partial charge in [0.25, 0.3) is 5.91 Å². The number of amides is 1. The Morgan fingerprint density at radius 2 is 1.95 bits per heavy atom. The highest BCUT2D eigenvalue weighted by Crippen LogP contribution is 2.30. The van der Waals surface area contributed by atoms with Gasteiger partial charge >= 0.3 is 0 Å². The molecule has 1 N–H and O–H groups in total. The molecule has 1 fully saturated rings. The standard InChI is InChI=1S/C16H21Cl2NO/c1-11-6-14(8-15(18)7-11)16(20)19-10-13-5-3-2-4-12(13)9-17/h6-8,12-13H,2-5,9-10H2,1H3,(H,19,20). The van der Waals surface area contributed by atoms with Gasteiger partial charge in [-0.05, 0) is 55.4 Å². The maximum atomic E-state index is 12.2. The molecule has 1 aliphatic rings. The molecule has 1 aromatic rings. The van der Waals surface area contributed by atoms with Crippen LogP contribution in [0.5, 0.6) is 0 Å². The van der Waals surface area contributed by atoms with Crippen LogP contribution in [0.25, 0.3) is 0 Å². The van der Waals surface area contributed by atoms with E-state index in [0.717, 1.165) is 12.0 Å². The van der Waals surface area contributed by atoms with Crippen LogP contribution < -0.4 is 5.32 Å². The van der Waals surface area contributed by atoms with E-state index in [1.807, 2.05) is 19.1 Å². The van der Waals surface area contributed by atoms with Gasteiger partial charge in [-0.3, -0.25) is 4.79 Å². The van der Waals surface area contributed by atoms with Crippen molar-refractivity contribution in [1.29, 1.82) is 0 Å². The summed E-state index contributed by atoms with van der Waals surface area (Å²) in [6.07, 6.45) is 4.84. The van der Waals surface area contributed by atoms with E-state index in [1.165, 1.54) is 19.3 Å². The Morgan fingerprint density at radius 3 is 2.60 bits per heavy atom. The number of carbonyl (C=O) groups is 1. The molecule has 0 radical (unpaired) electrons. The lowest BCUT2D eigenvalue weighted by Crippen LogP contribution is -2.34. The third-order valence-corrected chi connectivity index (χ3v) is 4.71. The Kier molecular flexibility index (Phi) is 5.74. The summed E-state index contributed by atoms with van der Waals surface area (Å²) < 4.78 is 0. The number of hydrogen-bond acceptors (Lipinski definition) is 1. The maximum Gasteiger partial charge on any atom is 0.251 e. The van der Waals surface area contributed by atoms with Crippen LogP contribution in [0.4, 0.5) is 0 Å². The fourth-order valence-corrected chi connectivity index (χ4v) is 3.65. The van der Waals surface area contributed by atoms with E-state index in [-0.39, 0.29) is 5.91 Å². The van der Waals surface area contributed by atoms with Crippen LogP contribution in [0.3, 0.4) is 0 Å². The van der Waals surface area contributed by atoms with Crippen LogP contribution >= 0.6 is 23.2 Å². The summed E-state index contributed by atoms with van der Waals surface area (Å²) in [5, 5.41) is 3.63. The molecule has 1 aliphatic carbocycles. The fourth-order valence-electron chi connectivity index (χ4n) is 2.95. The van der Waals surface area contributed by atoms with Gasteiger partial charge in [0.15, 0.2) is 0 Å². The van der Waals surface area contributed by atoms with Crippen LogP contribution in [-0.2, 0) is 0 Å². The van der Waals surface area contributed by atoms with Gasteiger partial charge in [-0.1, -0.05) is 24.4 Å². The van der Waals surface area contributed by atoms with E-state index in [1.54, 1.807) is 6.07 Å². The molecule has 0 saturated heterocycles. The summed E-state index contributed by atoms with van der Waals surface area (Å²) in [4.78, 5) is 12.2. The molecule has 20 heavy (non-hydrogen) atoms. The highest BCUT2D eigenvalue weighted by molar-refractivity contribution is 6.31. The molecule has 0 heterocycles. The third-order valence-electron chi connectivity index (χ3n) is 4.09. The van der Waals surface area contributed by atoms with Crippen LogP contribution in [-0.4, -0.2) is 18.3 Å². The zero-order valence-corrected chi connectivity index (χ0v) is 13.3. The Labute approximate surface area is 130 Å². The molecule has 2 nitrogen and oxygen atoms in total. The number of halogens is 2. The fraction of sp³-hybridized carbons (Fsp3) is 0.562. The van der Waals surface area contributed by atoms with Crippen molar-refractivity contribution < 1.29 is 4.79 Å². The Bertz CT molecular complexity index is 455. The van der Waals surface area contributed by atoms with E-state index >= 15 is 0 Å². The minimum absolute atomic E-state index is 0.0468. The van der Waals surface area contributed by atoms with Crippen LogP contribution in [0.1, 0.15) is 41.6 Å². The number of nitrogens with one attached hydrogen (secondary N) is 1. The third kappa shape index (κ3) is 4.13. The minimum atomic E-state index is -0.0468. The van der Waals surface area contributed by atoms with Gasteiger partial charge in [0.05, 0.1) is 0 Å². The van der Waals surface area contributed by atoms with E-state index < -0.39 is 0 Å². The van der Waals surface area contributed by atoms with Gasteiger partial charge in [-0.2, -0.15) is 0 Å². The van der Waals surface area contributed by atoms with Crippen molar-refractivity contribution in [2.75, 3.05) is 12.4 Å². The number of rotatable bonds is 4. The summed E-state index contributed by atoms with van der Waals surface area (Å²) in [5.41, 5.74) is 1.63. The quantitative estimate of drug-likeness (QED) is 0.819. The lowest BCUT2D eigenvalue weighted by atomic mass is 9.80. The SMILES string of the molecule is Cc1cc(Cl)cc(C(=O)NCC2CCCCC2CCl)c1. The highest BCUT2D eigenvalue weighted by atomic mass is 35.5. The minimum Gasteiger partial charge on any atom is -0.352 e. The van der Waals surface area contributed by atoms with Crippen molar-refractivity contribution in [1.82, 2.24) is 5.32 Å². The molecule has 1 aromatic carbocycles. The molecule has 2 unspecified atom stereocenters. The van der Waals surface area contributed by atoms with Gasteiger partial charge < -0.3 is 5.32 Å². The first kappa shape index (κ1) is 15.7. The van der Waals surface area contributed by atoms with Crippen molar-refractivity contribution in [3.05, 3.63) is 34.3 Å². The second-order valence-electron chi connectivity index (χ2n) is 5.69. The first-order valence-corrected chi connectivity index (χ1v) is 8.12. The van der Waals surface area contributed by atoms with Crippen LogP contribution in [0.2, 0.25) is 5.02 Å². The molecule has 1 saturated carbocycles. The summed E-state index contributed by atoms with van der Waals surface area (Å²) >= 11 is 12.0. The number of hydrogen-bond donors (Lipinski definition) is 1.